The number of ether oxygens (including phenoxy) is 1. The topological polar surface area (TPSA) is 110 Å². The Morgan fingerprint density at radius 2 is 1.82 bits per heavy atom. The van der Waals surface area contributed by atoms with E-state index >= 15 is 0 Å². The van der Waals surface area contributed by atoms with Gasteiger partial charge in [0.2, 0.25) is 0 Å². The Balaban J connectivity index is 1.96. The molecule has 3 aromatic rings. The molecule has 1 atom stereocenters. The van der Waals surface area contributed by atoms with E-state index in [0.717, 1.165) is 11.6 Å². The van der Waals surface area contributed by atoms with Crippen LogP contribution in [-0.2, 0) is 9.59 Å². The maximum absolute atomic E-state index is 13.2. The lowest BCUT2D eigenvalue weighted by Crippen LogP contribution is -2.29. The number of carbonyl (C=O) groups excluding carboxylic acids is 2. The first kappa shape index (κ1) is 23.0. The van der Waals surface area contributed by atoms with Crippen LogP contribution in [0.5, 0.6) is 5.75 Å². The Bertz CT molecular complexity index is 1370. The zero-order valence-corrected chi connectivity index (χ0v) is 18.9. The fourth-order valence-electron chi connectivity index (χ4n) is 3.98. The van der Waals surface area contributed by atoms with E-state index in [-0.39, 0.29) is 21.8 Å². The standard InChI is InChI=1S/C25H19ClN2O6/c1-14-5-3-6-15(11-14)22-21(23(29)16-7-4-8-18(12-16)28(32)33)24(30)25(31)27(22)17-9-10-20(34-2)19(26)13-17/h3-13,22,29H,1-2H3/b23-21+. The first-order chi connectivity index (χ1) is 16.2. The smallest absolute Gasteiger partial charge is 0.300 e. The molecule has 1 N–H and O–H groups in total. The number of Topliss-reactive ketones (excluding diaryl/α,β-unsaturated/α-hetero) is 1. The Hall–Kier alpha value is -4.17. The molecule has 8 nitrogen and oxygen atoms in total. The van der Waals surface area contributed by atoms with Crippen molar-refractivity contribution >= 4 is 40.4 Å². The summed E-state index contributed by atoms with van der Waals surface area (Å²) in [6.45, 7) is 1.86. The third kappa shape index (κ3) is 3.99. The minimum atomic E-state index is -0.983. The summed E-state index contributed by atoms with van der Waals surface area (Å²) in [5, 5.41) is 22.6. The van der Waals surface area contributed by atoms with Crippen molar-refractivity contribution in [1.29, 1.82) is 0 Å². The number of methoxy groups -OCH3 is 1. The van der Waals surface area contributed by atoms with E-state index in [0.29, 0.717) is 17.0 Å². The molecule has 0 aliphatic carbocycles. The molecule has 0 radical (unpaired) electrons. The fourth-order valence-corrected chi connectivity index (χ4v) is 4.23. The number of hydrogen-bond donors (Lipinski definition) is 1. The van der Waals surface area contributed by atoms with Crippen molar-refractivity contribution in [1.82, 2.24) is 0 Å². The van der Waals surface area contributed by atoms with Gasteiger partial charge in [-0.15, -0.1) is 0 Å². The van der Waals surface area contributed by atoms with Crippen LogP contribution in [0, 0.1) is 17.0 Å². The number of non-ortho nitro benzene ring substituents is 1. The van der Waals surface area contributed by atoms with Crippen LogP contribution in [-0.4, -0.2) is 28.8 Å². The summed E-state index contributed by atoms with van der Waals surface area (Å²) < 4.78 is 5.18. The molecule has 1 fully saturated rings. The van der Waals surface area contributed by atoms with E-state index in [4.69, 9.17) is 16.3 Å². The molecule has 1 saturated heterocycles. The Morgan fingerprint density at radius 3 is 2.47 bits per heavy atom. The summed E-state index contributed by atoms with van der Waals surface area (Å²) in [6.07, 6.45) is 0. The zero-order chi connectivity index (χ0) is 24.6. The molecule has 1 aliphatic heterocycles. The normalized spacial score (nSPS) is 17.1. The fraction of sp³-hybridized carbons (Fsp3) is 0.120. The van der Waals surface area contributed by atoms with E-state index in [1.54, 1.807) is 30.3 Å². The van der Waals surface area contributed by atoms with Gasteiger partial charge in [-0.3, -0.25) is 24.6 Å². The number of aliphatic hydroxyl groups excluding tert-OH is 1. The number of amides is 1. The molecule has 4 rings (SSSR count). The summed E-state index contributed by atoms with van der Waals surface area (Å²) in [5.41, 5.74) is 1.41. The van der Waals surface area contributed by atoms with Crippen LogP contribution < -0.4 is 9.64 Å². The summed E-state index contributed by atoms with van der Waals surface area (Å²) in [5.74, 6) is -1.89. The molecular weight excluding hydrogens is 460 g/mol. The molecule has 1 aliphatic rings. The number of nitrogens with zero attached hydrogens (tertiary/aromatic N) is 2. The molecule has 3 aromatic carbocycles. The number of anilines is 1. The molecule has 172 valence electrons. The van der Waals surface area contributed by atoms with Gasteiger partial charge in [0.15, 0.2) is 0 Å². The predicted molar refractivity (Wildman–Crippen MR) is 127 cm³/mol. The van der Waals surface area contributed by atoms with Gasteiger partial charge in [0.25, 0.3) is 17.4 Å². The van der Waals surface area contributed by atoms with Crippen LogP contribution in [0.1, 0.15) is 22.7 Å². The second-order valence-corrected chi connectivity index (χ2v) is 8.12. The first-order valence-corrected chi connectivity index (χ1v) is 10.6. The molecule has 34 heavy (non-hydrogen) atoms. The molecule has 0 spiro atoms. The molecule has 1 heterocycles. The molecule has 1 amide bonds. The monoisotopic (exact) mass is 478 g/mol. The van der Waals surface area contributed by atoms with Crippen molar-refractivity contribution in [3.05, 3.63) is 104 Å². The molecule has 1 unspecified atom stereocenters. The number of nitro benzene ring substituents is 1. The van der Waals surface area contributed by atoms with Crippen molar-refractivity contribution in [2.75, 3.05) is 12.0 Å². The van der Waals surface area contributed by atoms with Gasteiger partial charge >= 0.3 is 0 Å². The van der Waals surface area contributed by atoms with Gasteiger partial charge in [0.05, 0.1) is 28.7 Å². The molecular formula is C25H19ClN2O6. The minimum absolute atomic E-state index is 0.0533. The number of nitro groups is 1. The van der Waals surface area contributed by atoms with Crippen LogP contribution in [0.3, 0.4) is 0 Å². The number of carbonyl (C=O) groups is 2. The largest absolute Gasteiger partial charge is 0.507 e. The summed E-state index contributed by atoms with van der Waals surface area (Å²) >= 11 is 6.28. The number of halogens is 1. The Labute approximate surface area is 199 Å². The second kappa shape index (κ2) is 8.99. The number of ketones is 1. The number of hydrogen-bond acceptors (Lipinski definition) is 6. The number of rotatable bonds is 5. The average Bonchev–Trinajstić information content (AvgIpc) is 3.09. The van der Waals surface area contributed by atoms with Gasteiger partial charge in [0, 0.05) is 23.4 Å². The lowest BCUT2D eigenvalue weighted by molar-refractivity contribution is -0.384. The molecule has 0 aromatic heterocycles. The van der Waals surface area contributed by atoms with Crippen LogP contribution in [0.15, 0.2) is 72.3 Å². The third-order valence-corrected chi connectivity index (χ3v) is 5.84. The number of aryl methyl sites for hydroxylation is 1. The summed E-state index contributed by atoms with van der Waals surface area (Å²) in [6, 6.07) is 16.1. The van der Waals surface area contributed by atoms with Crippen LogP contribution >= 0.6 is 11.6 Å². The molecule has 9 heteroatoms. The third-order valence-electron chi connectivity index (χ3n) is 5.55. The number of aliphatic hydroxyl groups is 1. The van der Waals surface area contributed by atoms with Crippen LogP contribution in [0.25, 0.3) is 5.76 Å². The molecule has 0 saturated carbocycles. The van der Waals surface area contributed by atoms with E-state index in [2.05, 4.69) is 0 Å². The van der Waals surface area contributed by atoms with E-state index in [1.807, 2.05) is 13.0 Å². The highest BCUT2D eigenvalue weighted by atomic mass is 35.5. The van der Waals surface area contributed by atoms with Crippen molar-refractivity contribution in [2.24, 2.45) is 0 Å². The SMILES string of the molecule is COc1ccc(N2C(=O)C(=O)/C(=C(/O)c3cccc([N+](=O)[O-])c3)C2c2cccc(C)c2)cc1Cl. The van der Waals surface area contributed by atoms with Gasteiger partial charge in [-0.25, -0.2) is 0 Å². The van der Waals surface area contributed by atoms with Gasteiger partial charge in [-0.1, -0.05) is 53.6 Å². The van der Waals surface area contributed by atoms with E-state index in [1.165, 1.54) is 36.3 Å². The molecule has 0 bridgehead atoms. The van der Waals surface area contributed by atoms with Crippen LogP contribution in [0.2, 0.25) is 5.02 Å². The number of benzene rings is 3. The van der Waals surface area contributed by atoms with Crippen molar-refractivity contribution in [3.63, 3.8) is 0 Å². The summed E-state index contributed by atoms with van der Waals surface area (Å²) in [7, 11) is 1.46. The van der Waals surface area contributed by atoms with Gasteiger partial charge in [-0.05, 0) is 30.7 Å². The van der Waals surface area contributed by atoms with Crippen molar-refractivity contribution in [3.8, 4) is 5.75 Å². The van der Waals surface area contributed by atoms with Crippen molar-refractivity contribution in [2.45, 2.75) is 13.0 Å². The van der Waals surface area contributed by atoms with E-state index in [9.17, 15) is 24.8 Å². The highest BCUT2D eigenvalue weighted by Crippen LogP contribution is 2.43. The van der Waals surface area contributed by atoms with Crippen molar-refractivity contribution < 1.29 is 24.4 Å². The van der Waals surface area contributed by atoms with Gasteiger partial charge in [-0.2, -0.15) is 0 Å². The first-order valence-electron chi connectivity index (χ1n) is 10.2. The van der Waals surface area contributed by atoms with E-state index < -0.39 is 28.4 Å². The zero-order valence-electron chi connectivity index (χ0n) is 18.2. The highest BCUT2D eigenvalue weighted by molar-refractivity contribution is 6.51. The highest BCUT2D eigenvalue weighted by Gasteiger charge is 2.47. The minimum Gasteiger partial charge on any atom is -0.507 e. The maximum atomic E-state index is 13.2. The maximum Gasteiger partial charge on any atom is 0.300 e. The second-order valence-electron chi connectivity index (χ2n) is 7.71. The van der Waals surface area contributed by atoms with Crippen LogP contribution in [0.4, 0.5) is 11.4 Å². The van der Waals surface area contributed by atoms with Gasteiger partial charge in [0.1, 0.15) is 11.5 Å². The predicted octanol–water partition coefficient (Wildman–Crippen LogP) is 5.19. The average molecular weight is 479 g/mol. The Morgan fingerprint density at radius 1 is 1.09 bits per heavy atom. The Kier molecular flexibility index (Phi) is 6.08. The lowest BCUT2D eigenvalue weighted by atomic mass is 9.94. The quantitative estimate of drug-likeness (QED) is 0.177. The lowest BCUT2D eigenvalue weighted by Gasteiger charge is -2.26. The van der Waals surface area contributed by atoms with Gasteiger partial charge < -0.3 is 9.84 Å². The summed E-state index contributed by atoms with van der Waals surface area (Å²) in [4.78, 5) is 38.3.